The van der Waals surface area contributed by atoms with Gasteiger partial charge in [-0.25, -0.2) is 18.7 Å². The summed E-state index contributed by atoms with van der Waals surface area (Å²) in [6.07, 6.45) is 2.35. The molecule has 0 bridgehead atoms. The molecule has 0 aliphatic rings. The third-order valence-electron chi connectivity index (χ3n) is 2.40. The van der Waals surface area contributed by atoms with Crippen molar-refractivity contribution in [1.82, 2.24) is 9.97 Å². The summed E-state index contributed by atoms with van der Waals surface area (Å²) in [5, 5.41) is 3.67. The van der Waals surface area contributed by atoms with Gasteiger partial charge in [-0.3, -0.25) is 0 Å². The van der Waals surface area contributed by atoms with Crippen LogP contribution in [-0.2, 0) is 0 Å². The fourth-order valence-electron chi connectivity index (χ4n) is 1.45. The van der Waals surface area contributed by atoms with E-state index in [-0.39, 0.29) is 4.90 Å². The van der Waals surface area contributed by atoms with Crippen LogP contribution in [0.3, 0.4) is 0 Å². The second-order valence-corrected chi connectivity index (χ2v) is 5.77. The molecule has 0 atom stereocenters. The molecule has 1 N–H and O–H groups in total. The van der Waals surface area contributed by atoms with Crippen LogP contribution in [0.5, 0.6) is 0 Å². The van der Waals surface area contributed by atoms with Crippen molar-refractivity contribution in [2.45, 2.75) is 23.3 Å². The van der Waals surface area contributed by atoms with Gasteiger partial charge in [-0.15, -0.1) is 0 Å². The van der Waals surface area contributed by atoms with Gasteiger partial charge in [0.05, 0.1) is 9.37 Å². The first-order chi connectivity index (χ1) is 9.61. The molecule has 0 aliphatic heterocycles. The first-order valence-corrected chi connectivity index (χ1v) is 7.60. The van der Waals surface area contributed by atoms with E-state index in [1.54, 1.807) is 0 Å². The van der Waals surface area contributed by atoms with E-state index in [4.69, 9.17) is 0 Å². The molecule has 2 aromatic rings. The number of aromatic nitrogens is 2. The Bertz CT molecular complexity index is 610. The first-order valence-electron chi connectivity index (χ1n) is 5.99. The van der Waals surface area contributed by atoms with Crippen LogP contribution in [0.1, 0.15) is 13.3 Å². The molecule has 1 aromatic carbocycles. The second-order valence-electron chi connectivity index (χ2n) is 3.94. The van der Waals surface area contributed by atoms with Crippen molar-refractivity contribution in [2.24, 2.45) is 0 Å². The summed E-state index contributed by atoms with van der Waals surface area (Å²) >= 11 is 4.44. The average molecular weight is 360 g/mol. The molecule has 0 amide bonds. The van der Waals surface area contributed by atoms with Crippen LogP contribution in [0.2, 0.25) is 0 Å². The Morgan fingerprint density at radius 2 is 2.10 bits per heavy atom. The second kappa shape index (κ2) is 6.99. The van der Waals surface area contributed by atoms with Crippen LogP contribution >= 0.6 is 27.7 Å². The fraction of sp³-hybridized carbons (Fsp3) is 0.231. The average Bonchev–Trinajstić information content (AvgIpc) is 2.44. The Labute approximate surface area is 128 Å². The molecule has 0 aliphatic carbocycles. The highest BCUT2D eigenvalue weighted by molar-refractivity contribution is 9.10. The summed E-state index contributed by atoms with van der Waals surface area (Å²) in [7, 11) is 0. The molecular formula is C13H12BrF2N3S. The summed E-state index contributed by atoms with van der Waals surface area (Å²) in [5.74, 6) is -0.324. The summed E-state index contributed by atoms with van der Waals surface area (Å²) < 4.78 is 27.4. The van der Waals surface area contributed by atoms with Gasteiger partial charge in [-0.1, -0.05) is 18.7 Å². The van der Waals surface area contributed by atoms with Crippen LogP contribution in [-0.4, -0.2) is 16.5 Å². The number of hydrogen-bond acceptors (Lipinski definition) is 4. The fourth-order valence-corrected chi connectivity index (χ4v) is 2.87. The molecule has 106 valence electrons. The van der Waals surface area contributed by atoms with Crippen molar-refractivity contribution in [3.05, 3.63) is 40.6 Å². The number of nitrogens with one attached hydrogen (secondary N) is 1. The maximum absolute atomic E-state index is 13.6. The Morgan fingerprint density at radius 3 is 2.85 bits per heavy atom. The minimum atomic E-state index is -0.483. The van der Waals surface area contributed by atoms with E-state index in [9.17, 15) is 8.78 Å². The third-order valence-corrected chi connectivity index (χ3v) is 4.45. The van der Waals surface area contributed by atoms with E-state index in [0.717, 1.165) is 42.9 Å². The summed E-state index contributed by atoms with van der Waals surface area (Å²) in [4.78, 5) is 8.38. The standard InChI is InChI=1S/C13H12BrF2N3S/c1-2-5-17-12-11(14)13(19-7-18-12)20-10-6-8(15)3-4-9(10)16/h3-4,6-7H,2,5H2,1H3,(H,17,18,19). The van der Waals surface area contributed by atoms with Gasteiger partial charge in [0.15, 0.2) is 0 Å². The van der Waals surface area contributed by atoms with E-state index in [1.165, 1.54) is 6.33 Å². The molecule has 0 radical (unpaired) electrons. The molecule has 0 fully saturated rings. The van der Waals surface area contributed by atoms with E-state index in [1.807, 2.05) is 6.92 Å². The van der Waals surface area contributed by atoms with Crippen LogP contribution in [0.15, 0.2) is 38.9 Å². The zero-order valence-corrected chi connectivity index (χ0v) is 13.1. The SMILES string of the molecule is CCCNc1ncnc(Sc2cc(F)ccc2F)c1Br. The van der Waals surface area contributed by atoms with Crippen LogP contribution < -0.4 is 5.32 Å². The quantitative estimate of drug-likeness (QED) is 0.798. The smallest absolute Gasteiger partial charge is 0.144 e. The Morgan fingerprint density at radius 1 is 1.30 bits per heavy atom. The molecule has 1 aromatic heterocycles. The molecule has 3 nitrogen and oxygen atoms in total. The molecule has 1 heterocycles. The van der Waals surface area contributed by atoms with Gasteiger partial charge in [-0.2, -0.15) is 0 Å². The van der Waals surface area contributed by atoms with Crippen molar-refractivity contribution in [3.63, 3.8) is 0 Å². The van der Waals surface area contributed by atoms with Crippen molar-refractivity contribution in [2.75, 3.05) is 11.9 Å². The lowest BCUT2D eigenvalue weighted by molar-refractivity contribution is 0.577. The summed E-state index contributed by atoms with van der Waals surface area (Å²) in [5.41, 5.74) is 0. The number of rotatable bonds is 5. The Balaban J connectivity index is 2.27. The zero-order valence-electron chi connectivity index (χ0n) is 10.7. The van der Waals surface area contributed by atoms with Gasteiger partial charge < -0.3 is 5.32 Å². The Hall–Kier alpha value is -1.21. The van der Waals surface area contributed by atoms with Crippen molar-refractivity contribution in [3.8, 4) is 0 Å². The molecule has 20 heavy (non-hydrogen) atoms. The number of halogens is 3. The lowest BCUT2D eigenvalue weighted by Crippen LogP contribution is -2.03. The lowest BCUT2D eigenvalue weighted by Gasteiger charge is -2.09. The highest BCUT2D eigenvalue weighted by Crippen LogP contribution is 2.36. The highest BCUT2D eigenvalue weighted by atomic mass is 79.9. The predicted octanol–water partition coefficient (Wildman–Crippen LogP) is 4.49. The van der Waals surface area contributed by atoms with Crippen molar-refractivity contribution < 1.29 is 8.78 Å². The van der Waals surface area contributed by atoms with Crippen molar-refractivity contribution >= 4 is 33.5 Å². The van der Waals surface area contributed by atoms with Gasteiger partial charge in [-0.05, 0) is 40.5 Å². The van der Waals surface area contributed by atoms with Crippen LogP contribution in [0, 0.1) is 11.6 Å². The normalized spacial score (nSPS) is 10.6. The van der Waals surface area contributed by atoms with E-state index >= 15 is 0 Å². The molecule has 0 saturated heterocycles. The maximum Gasteiger partial charge on any atom is 0.144 e. The van der Waals surface area contributed by atoms with E-state index in [2.05, 4.69) is 31.2 Å². The first kappa shape index (κ1) is 15.2. The van der Waals surface area contributed by atoms with Gasteiger partial charge in [0, 0.05) is 6.54 Å². The van der Waals surface area contributed by atoms with Gasteiger partial charge in [0.25, 0.3) is 0 Å². The summed E-state index contributed by atoms with van der Waals surface area (Å²) in [6, 6.07) is 3.33. The molecular weight excluding hydrogens is 348 g/mol. The molecule has 7 heteroatoms. The maximum atomic E-state index is 13.6. The van der Waals surface area contributed by atoms with Crippen molar-refractivity contribution in [1.29, 1.82) is 0 Å². The molecule has 0 unspecified atom stereocenters. The highest BCUT2D eigenvalue weighted by Gasteiger charge is 2.13. The Kier molecular flexibility index (Phi) is 5.31. The minimum absolute atomic E-state index is 0.186. The number of hydrogen-bond donors (Lipinski definition) is 1. The molecule has 0 saturated carbocycles. The van der Waals surface area contributed by atoms with Crippen LogP contribution in [0.4, 0.5) is 14.6 Å². The van der Waals surface area contributed by atoms with E-state index in [0.29, 0.717) is 15.3 Å². The number of anilines is 1. The minimum Gasteiger partial charge on any atom is -0.369 e. The lowest BCUT2D eigenvalue weighted by atomic mass is 10.3. The number of nitrogens with zero attached hydrogens (tertiary/aromatic N) is 2. The zero-order chi connectivity index (χ0) is 14.5. The van der Waals surface area contributed by atoms with Gasteiger partial charge in [0.2, 0.25) is 0 Å². The predicted molar refractivity (Wildman–Crippen MR) is 79.0 cm³/mol. The molecule has 0 spiro atoms. The van der Waals surface area contributed by atoms with E-state index < -0.39 is 11.6 Å². The largest absolute Gasteiger partial charge is 0.369 e. The van der Waals surface area contributed by atoms with Crippen LogP contribution in [0.25, 0.3) is 0 Å². The summed E-state index contributed by atoms with van der Waals surface area (Å²) in [6.45, 7) is 2.81. The molecule has 2 rings (SSSR count). The van der Waals surface area contributed by atoms with Gasteiger partial charge >= 0.3 is 0 Å². The third kappa shape index (κ3) is 3.67. The topological polar surface area (TPSA) is 37.8 Å². The van der Waals surface area contributed by atoms with Gasteiger partial charge in [0.1, 0.15) is 28.8 Å². The monoisotopic (exact) mass is 359 g/mol. The number of benzene rings is 1.